The van der Waals surface area contributed by atoms with Crippen LogP contribution in [-0.2, 0) is 4.79 Å². The van der Waals surface area contributed by atoms with Crippen molar-refractivity contribution in [2.75, 3.05) is 6.54 Å². The summed E-state index contributed by atoms with van der Waals surface area (Å²) in [5.74, 6) is -0.0378. The van der Waals surface area contributed by atoms with Crippen LogP contribution in [0.5, 0.6) is 0 Å². The molecule has 6 heteroatoms. The molecular formula is C14H27F3N2O. The first kappa shape index (κ1) is 19.2. The van der Waals surface area contributed by atoms with E-state index in [1.807, 2.05) is 0 Å². The summed E-state index contributed by atoms with van der Waals surface area (Å²) in [5.41, 5.74) is 5.60. The first-order valence-corrected chi connectivity index (χ1v) is 7.02. The van der Waals surface area contributed by atoms with Crippen molar-refractivity contribution >= 4 is 5.91 Å². The van der Waals surface area contributed by atoms with Crippen molar-refractivity contribution in [2.45, 2.75) is 65.6 Å². The fourth-order valence-corrected chi connectivity index (χ4v) is 2.26. The van der Waals surface area contributed by atoms with Crippen LogP contribution < -0.4 is 11.1 Å². The smallest absolute Gasteiger partial charge is 0.353 e. The highest BCUT2D eigenvalue weighted by molar-refractivity contribution is 5.76. The third-order valence-corrected chi connectivity index (χ3v) is 3.40. The maximum absolute atomic E-state index is 12.2. The molecule has 2 atom stereocenters. The second-order valence-corrected chi connectivity index (χ2v) is 6.47. The third kappa shape index (κ3) is 9.18. The maximum Gasteiger partial charge on any atom is 0.391 e. The van der Waals surface area contributed by atoms with Crippen molar-refractivity contribution in [1.82, 2.24) is 5.32 Å². The zero-order valence-electron chi connectivity index (χ0n) is 12.8. The first-order chi connectivity index (χ1) is 8.95. The number of carbonyl (C=O) groups excluding carboxylic acids is 1. The summed E-state index contributed by atoms with van der Waals surface area (Å²) >= 11 is 0. The van der Waals surface area contributed by atoms with Gasteiger partial charge in [-0.05, 0) is 37.6 Å². The Morgan fingerprint density at radius 1 is 1.20 bits per heavy atom. The molecule has 0 radical (unpaired) electrons. The van der Waals surface area contributed by atoms with Crippen LogP contribution in [0, 0.1) is 11.3 Å². The van der Waals surface area contributed by atoms with Crippen molar-refractivity contribution in [1.29, 1.82) is 0 Å². The fraction of sp³-hybridized carbons (Fsp3) is 0.929. The summed E-state index contributed by atoms with van der Waals surface area (Å²) in [7, 11) is 0. The van der Waals surface area contributed by atoms with Gasteiger partial charge in [-0.2, -0.15) is 13.2 Å². The van der Waals surface area contributed by atoms with Crippen molar-refractivity contribution in [3.05, 3.63) is 0 Å². The van der Waals surface area contributed by atoms with Gasteiger partial charge in [0, 0.05) is 12.5 Å². The third-order valence-electron chi connectivity index (χ3n) is 3.40. The predicted octanol–water partition coefficient (Wildman–Crippen LogP) is 3.23. The van der Waals surface area contributed by atoms with Crippen LogP contribution in [0.1, 0.15) is 53.4 Å². The lowest BCUT2D eigenvalue weighted by Crippen LogP contribution is -2.36. The van der Waals surface area contributed by atoms with Crippen molar-refractivity contribution in [3.8, 4) is 0 Å². The van der Waals surface area contributed by atoms with E-state index in [1.165, 1.54) is 6.92 Å². The van der Waals surface area contributed by atoms with Gasteiger partial charge < -0.3 is 11.1 Å². The van der Waals surface area contributed by atoms with Crippen LogP contribution in [0.3, 0.4) is 0 Å². The summed E-state index contributed by atoms with van der Waals surface area (Å²) in [6, 6.07) is -0.884. The highest BCUT2D eigenvalue weighted by Crippen LogP contribution is 2.32. The second-order valence-electron chi connectivity index (χ2n) is 6.47. The quantitative estimate of drug-likeness (QED) is 0.758. The van der Waals surface area contributed by atoms with Gasteiger partial charge in [0.05, 0.1) is 6.42 Å². The standard InChI is InChI=1S/C14H27F3N2O/c1-10(9-14(15,16)17)19-12(20)6-5-11(7-8-18)13(2,3)4/h10-11H,5-9,18H2,1-4H3,(H,19,20). The second kappa shape index (κ2) is 7.86. The van der Waals surface area contributed by atoms with Gasteiger partial charge in [-0.1, -0.05) is 20.8 Å². The van der Waals surface area contributed by atoms with Crippen LogP contribution in [0.15, 0.2) is 0 Å². The van der Waals surface area contributed by atoms with E-state index in [0.717, 1.165) is 6.42 Å². The van der Waals surface area contributed by atoms with E-state index >= 15 is 0 Å². The van der Waals surface area contributed by atoms with Crippen molar-refractivity contribution in [2.24, 2.45) is 17.1 Å². The van der Waals surface area contributed by atoms with Crippen molar-refractivity contribution < 1.29 is 18.0 Å². The molecule has 0 aromatic heterocycles. The van der Waals surface area contributed by atoms with Crippen LogP contribution in [0.25, 0.3) is 0 Å². The molecule has 0 aromatic carbocycles. The number of amides is 1. The number of nitrogens with two attached hydrogens (primary N) is 1. The molecule has 120 valence electrons. The molecular weight excluding hydrogens is 269 g/mol. The average Bonchev–Trinajstić information content (AvgIpc) is 2.19. The van der Waals surface area contributed by atoms with Gasteiger partial charge in [0.2, 0.25) is 5.91 Å². The molecule has 3 nitrogen and oxygen atoms in total. The molecule has 3 N–H and O–H groups in total. The topological polar surface area (TPSA) is 55.1 Å². The number of nitrogens with one attached hydrogen (secondary N) is 1. The minimum atomic E-state index is -4.25. The lowest BCUT2D eigenvalue weighted by atomic mass is 9.76. The van der Waals surface area contributed by atoms with E-state index in [-0.39, 0.29) is 23.7 Å². The van der Waals surface area contributed by atoms with Gasteiger partial charge in [-0.25, -0.2) is 0 Å². The van der Waals surface area contributed by atoms with Crippen LogP contribution in [-0.4, -0.2) is 24.7 Å². The summed E-state index contributed by atoms with van der Waals surface area (Å²) in [4.78, 5) is 11.7. The molecule has 0 saturated heterocycles. The monoisotopic (exact) mass is 296 g/mol. The summed E-state index contributed by atoms with van der Waals surface area (Å²) in [5, 5.41) is 2.40. The van der Waals surface area contributed by atoms with E-state index in [0.29, 0.717) is 13.0 Å². The Labute approximate surface area is 119 Å². The molecule has 0 aliphatic carbocycles. The number of carbonyl (C=O) groups is 1. The Morgan fingerprint density at radius 3 is 2.15 bits per heavy atom. The number of hydrogen-bond acceptors (Lipinski definition) is 2. The number of alkyl halides is 3. The summed E-state index contributed by atoms with van der Waals surface area (Å²) < 4.78 is 36.5. The Balaban J connectivity index is 4.20. The van der Waals surface area contributed by atoms with Gasteiger partial charge in [0.1, 0.15) is 0 Å². The minimum Gasteiger partial charge on any atom is -0.353 e. The van der Waals surface area contributed by atoms with Crippen LogP contribution in [0.4, 0.5) is 13.2 Å². The first-order valence-electron chi connectivity index (χ1n) is 7.02. The van der Waals surface area contributed by atoms with E-state index in [1.54, 1.807) is 0 Å². The molecule has 1 amide bonds. The fourth-order valence-electron chi connectivity index (χ4n) is 2.26. The highest BCUT2D eigenvalue weighted by atomic mass is 19.4. The van der Waals surface area contributed by atoms with Gasteiger partial charge in [0.15, 0.2) is 0 Å². The van der Waals surface area contributed by atoms with E-state index < -0.39 is 18.6 Å². The molecule has 0 bridgehead atoms. The summed E-state index contributed by atoms with van der Waals surface area (Å²) in [6.45, 7) is 8.16. The Kier molecular flexibility index (Phi) is 7.55. The Hall–Kier alpha value is -0.780. The van der Waals surface area contributed by atoms with Gasteiger partial charge in [-0.3, -0.25) is 4.79 Å². The minimum absolute atomic E-state index is 0.0389. The molecule has 0 fully saturated rings. The van der Waals surface area contributed by atoms with Gasteiger partial charge in [-0.15, -0.1) is 0 Å². The Morgan fingerprint density at radius 2 is 1.75 bits per heavy atom. The lowest BCUT2D eigenvalue weighted by Gasteiger charge is -2.30. The molecule has 0 aliphatic rings. The molecule has 0 rings (SSSR count). The number of halogens is 3. The molecule has 20 heavy (non-hydrogen) atoms. The largest absolute Gasteiger partial charge is 0.391 e. The zero-order chi connectivity index (χ0) is 16.0. The SMILES string of the molecule is CC(CC(F)(F)F)NC(=O)CCC(CCN)C(C)(C)C. The van der Waals surface area contributed by atoms with Crippen LogP contribution in [0.2, 0.25) is 0 Å². The van der Waals surface area contributed by atoms with Gasteiger partial charge in [0.25, 0.3) is 0 Å². The maximum atomic E-state index is 12.2. The van der Waals surface area contributed by atoms with E-state index in [4.69, 9.17) is 5.73 Å². The normalized spacial score (nSPS) is 15.8. The number of hydrogen-bond donors (Lipinski definition) is 2. The lowest BCUT2D eigenvalue weighted by molar-refractivity contribution is -0.141. The average molecular weight is 296 g/mol. The van der Waals surface area contributed by atoms with E-state index in [2.05, 4.69) is 26.1 Å². The Bertz CT molecular complexity index is 298. The molecule has 0 heterocycles. The molecule has 0 aromatic rings. The molecule has 0 spiro atoms. The van der Waals surface area contributed by atoms with Crippen molar-refractivity contribution in [3.63, 3.8) is 0 Å². The van der Waals surface area contributed by atoms with E-state index in [9.17, 15) is 18.0 Å². The molecule has 0 aliphatic heterocycles. The summed E-state index contributed by atoms with van der Waals surface area (Å²) in [6.07, 6.45) is -3.55. The molecule has 2 unspecified atom stereocenters. The molecule has 0 saturated carbocycles. The highest BCUT2D eigenvalue weighted by Gasteiger charge is 2.31. The predicted molar refractivity (Wildman–Crippen MR) is 74.1 cm³/mol. The zero-order valence-corrected chi connectivity index (χ0v) is 12.8. The van der Waals surface area contributed by atoms with Gasteiger partial charge >= 0.3 is 6.18 Å². The number of rotatable bonds is 7. The van der Waals surface area contributed by atoms with Crippen LogP contribution >= 0.6 is 0 Å².